The predicted molar refractivity (Wildman–Crippen MR) is 100.0 cm³/mol. The van der Waals surface area contributed by atoms with Crippen LogP contribution in [0.3, 0.4) is 0 Å². The van der Waals surface area contributed by atoms with E-state index < -0.39 is 5.91 Å². The summed E-state index contributed by atoms with van der Waals surface area (Å²) in [5, 5.41) is 9.23. The van der Waals surface area contributed by atoms with Crippen LogP contribution >= 0.6 is 0 Å². The first-order chi connectivity index (χ1) is 13.1. The molecule has 3 aromatic rings. The molecular weight excluding hydrogens is 346 g/mol. The van der Waals surface area contributed by atoms with E-state index in [2.05, 4.69) is 0 Å². The van der Waals surface area contributed by atoms with Gasteiger partial charge in [-0.2, -0.15) is 0 Å². The average Bonchev–Trinajstić information content (AvgIpc) is 3.52. The second-order valence-electron chi connectivity index (χ2n) is 6.88. The van der Waals surface area contributed by atoms with E-state index in [-0.39, 0.29) is 17.8 Å². The van der Waals surface area contributed by atoms with E-state index in [9.17, 15) is 14.4 Å². The Labute approximate surface area is 154 Å². The minimum Gasteiger partial charge on any atom is -0.289 e. The lowest BCUT2D eigenvalue weighted by Gasteiger charge is -2.14. The van der Waals surface area contributed by atoms with E-state index in [1.807, 2.05) is 0 Å². The summed E-state index contributed by atoms with van der Waals surface area (Å²) >= 11 is 0. The molecule has 0 bridgehead atoms. The maximum absolute atomic E-state index is 13.0. The van der Waals surface area contributed by atoms with Crippen LogP contribution in [-0.2, 0) is 13.1 Å². The molecule has 138 valence electrons. The number of aromatic nitrogens is 2. The van der Waals surface area contributed by atoms with E-state index in [0.717, 1.165) is 18.4 Å². The van der Waals surface area contributed by atoms with Gasteiger partial charge in [0.25, 0.3) is 11.5 Å². The number of nitrogens with one attached hydrogen (secondary N) is 1. The number of hydroxylamine groups is 1. The molecule has 0 aliphatic heterocycles. The summed E-state index contributed by atoms with van der Waals surface area (Å²) in [5.41, 5.74) is 2.75. The molecule has 0 atom stereocenters. The third kappa shape index (κ3) is 3.29. The first-order valence-corrected chi connectivity index (χ1v) is 8.84. The number of nitrogens with zero attached hydrogens (tertiary/aromatic N) is 2. The van der Waals surface area contributed by atoms with Crippen molar-refractivity contribution in [3.8, 4) is 0 Å². The first kappa shape index (κ1) is 17.2. The Kier molecular flexibility index (Phi) is 4.37. The van der Waals surface area contributed by atoms with Gasteiger partial charge in [0.1, 0.15) is 0 Å². The van der Waals surface area contributed by atoms with Crippen molar-refractivity contribution in [1.29, 1.82) is 0 Å². The predicted octanol–water partition coefficient (Wildman–Crippen LogP) is 1.74. The zero-order chi connectivity index (χ0) is 19.0. The minimum atomic E-state index is -0.595. The lowest BCUT2D eigenvalue weighted by molar-refractivity contribution is 0.0706. The fraction of sp³-hybridized carbons (Fsp3) is 0.250. The molecule has 1 aliphatic rings. The Hall–Kier alpha value is -3.19. The molecule has 7 heteroatoms. The number of para-hydroxylation sites is 1. The molecule has 1 saturated carbocycles. The SMILES string of the molecule is O=C(NO)c1ccc(Cn2c(=O)n(CC3CC3)c(=O)c3ccccc32)cc1. The van der Waals surface area contributed by atoms with E-state index in [1.165, 1.54) is 4.57 Å². The van der Waals surface area contributed by atoms with E-state index in [0.29, 0.717) is 28.9 Å². The monoisotopic (exact) mass is 365 g/mol. The van der Waals surface area contributed by atoms with Crippen molar-refractivity contribution in [3.63, 3.8) is 0 Å². The molecule has 1 fully saturated rings. The lowest BCUT2D eigenvalue weighted by atomic mass is 10.1. The third-order valence-corrected chi connectivity index (χ3v) is 4.93. The number of benzene rings is 2. The fourth-order valence-corrected chi connectivity index (χ4v) is 3.25. The molecule has 4 rings (SSSR count). The summed E-state index contributed by atoms with van der Waals surface area (Å²) in [7, 11) is 0. The Morgan fingerprint density at radius 3 is 2.41 bits per heavy atom. The average molecular weight is 365 g/mol. The van der Waals surface area contributed by atoms with Gasteiger partial charge in [0.15, 0.2) is 0 Å². The number of hydrogen-bond acceptors (Lipinski definition) is 4. The molecule has 1 amide bonds. The van der Waals surface area contributed by atoms with Gasteiger partial charge in [0.05, 0.1) is 17.4 Å². The summed E-state index contributed by atoms with van der Waals surface area (Å²) < 4.78 is 2.94. The van der Waals surface area contributed by atoms with Crippen molar-refractivity contribution in [2.75, 3.05) is 0 Å². The van der Waals surface area contributed by atoms with Crippen molar-refractivity contribution in [2.45, 2.75) is 25.9 Å². The summed E-state index contributed by atoms with van der Waals surface area (Å²) in [6, 6.07) is 13.7. The molecule has 0 spiro atoms. The molecular formula is C20H19N3O4. The zero-order valence-electron chi connectivity index (χ0n) is 14.6. The molecule has 0 radical (unpaired) electrons. The van der Waals surface area contributed by atoms with E-state index in [4.69, 9.17) is 5.21 Å². The van der Waals surface area contributed by atoms with Gasteiger partial charge < -0.3 is 0 Å². The van der Waals surface area contributed by atoms with Gasteiger partial charge >= 0.3 is 5.69 Å². The molecule has 7 nitrogen and oxygen atoms in total. The van der Waals surface area contributed by atoms with Crippen LogP contribution in [0.4, 0.5) is 0 Å². The van der Waals surface area contributed by atoms with E-state index >= 15 is 0 Å². The number of carbonyl (C=O) groups excluding carboxylic acids is 1. The van der Waals surface area contributed by atoms with Crippen LogP contribution in [0.25, 0.3) is 10.9 Å². The molecule has 27 heavy (non-hydrogen) atoms. The van der Waals surface area contributed by atoms with Crippen LogP contribution in [0, 0.1) is 5.92 Å². The Balaban J connectivity index is 1.79. The summed E-state index contributed by atoms with van der Waals surface area (Å²) in [6.45, 7) is 0.740. The van der Waals surface area contributed by atoms with Gasteiger partial charge in [-0.25, -0.2) is 10.3 Å². The van der Waals surface area contributed by atoms with Gasteiger partial charge in [-0.05, 0) is 48.6 Å². The quantitative estimate of drug-likeness (QED) is 0.532. The Bertz CT molecular complexity index is 1120. The fourth-order valence-electron chi connectivity index (χ4n) is 3.25. The van der Waals surface area contributed by atoms with Crippen LogP contribution in [0.2, 0.25) is 0 Å². The first-order valence-electron chi connectivity index (χ1n) is 8.84. The third-order valence-electron chi connectivity index (χ3n) is 4.93. The Morgan fingerprint density at radius 2 is 1.74 bits per heavy atom. The highest BCUT2D eigenvalue weighted by Crippen LogP contribution is 2.29. The number of hydrogen-bond donors (Lipinski definition) is 2. The van der Waals surface area contributed by atoms with Crippen LogP contribution in [0.1, 0.15) is 28.8 Å². The number of fused-ring (bicyclic) bond motifs is 1. The summed E-state index contributed by atoms with van der Waals surface area (Å²) in [5.74, 6) is -0.191. The van der Waals surface area contributed by atoms with Crippen molar-refractivity contribution in [1.82, 2.24) is 14.6 Å². The molecule has 2 N–H and O–H groups in total. The summed E-state index contributed by atoms with van der Waals surface area (Å²) in [6.07, 6.45) is 2.10. The van der Waals surface area contributed by atoms with E-state index in [1.54, 1.807) is 58.6 Å². The zero-order valence-corrected chi connectivity index (χ0v) is 14.6. The number of carbonyl (C=O) groups is 1. The molecule has 2 aromatic carbocycles. The van der Waals surface area contributed by atoms with Crippen molar-refractivity contribution in [3.05, 3.63) is 80.5 Å². The maximum Gasteiger partial charge on any atom is 0.331 e. The highest BCUT2D eigenvalue weighted by atomic mass is 16.5. The number of amides is 1. The topological polar surface area (TPSA) is 93.3 Å². The summed E-state index contributed by atoms with van der Waals surface area (Å²) in [4.78, 5) is 37.2. The van der Waals surface area contributed by atoms with Crippen molar-refractivity contribution >= 4 is 16.8 Å². The number of rotatable bonds is 5. The van der Waals surface area contributed by atoms with Crippen molar-refractivity contribution in [2.24, 2.45) is 5.92 Å². The molecule has 1 heterocycles. The second-order valence-corrected chi connectivity index (χ2v) is 6.88. The van der Waals surface area contributed by atoms with Gasteiger partial charge in [-0.1, -0.05) is 24.3 Å². The highest BCUT2D eigenvalue weighted by molar-refractivity contribution is 5.93. The van der Waals surface area contributed by atoms with Crippen LogP contribution in [0.15, 0.2) is 58.1 Å². The normalized spacial score (nSPS) is 13.7. The van der Waals surface area contributed by atoms with Gasteiger partial charge in [0, 0.05) is 12.1 Å². The second kappa shape index (κ2) is 6.85. The molecule has 1 aliphatic carbocycles. The standard InChI is InChI=1S/C20H19N3O4/c24-18(21-27)15-9-7-14(8-10-15)11-22-17-4-2-1-3-16(17)19(25)23(20(22)26)12-13-5-6-13/h1-4,7-10,13,27H,5-6,11-12H2,(H,21,24). The maximum atomic E-state index is 13.0. The molecule has 0 unspecified atom stereocenters. The lowest BCUT2D eigenvalue weighted by Crippen LogP contribution is -2.40. The van der Waals surface area contributed by atoms with Gasteiger partial charge in [-0.3, -0.25) is 23.9 Å². The highest BCUT2D eigenvalue weighted by Gasteiger charge is 2.24. The Morgan fingerprint density at radius 1 is 1.04 bits per heavy atom. The van der Waals surface area contributed by atoms with Gasteiger partial charge in [-0.15, -0.1) is 0 Å². The van der Waals surface area contributed by atoms with Crippen LogP contribution < -0.4 is 16.7 Å². The molecule has 0 saturated heterocycles. The van der Waals surface area contributed by atoms with Crippen LogP contribution in [0.5, 0.6) is 0 Å². The minimum absolute atomic E-state index is 0.242. The largest absolute Gasteiger partial charge is 0.331 e. The van der Waals surface area contributed by atoms with Crippen molar-refractivity contribution < 1.29 is 10.0 Å². The van der Waals surface area contributed by atoms with Crippen LogP contribution in [-0.4, -0.2) is 20.2 Å². The molecule has 1 aromatic heterocycles. The van der Waals surface area contributed by atoms with Gasteiger partial charge in [0.2, 0.25) is 0 Å². The smallest absolute Gasteiger partial charge is 0.289 e.